The van der Waals surface area contributed by atoms with Crippen molar-refractivity contribution in [2.24, 2.45) is 0 Å². The lowest BCUT2D eigenvalue weighted by Crippen LogP contribution is -2.32. The summed E-state index contributed by atoms with van der Waals surface area (Å²) in [5.74, 6) is 0.442. The molecular formula is C29H29N7O4S. The summed E-state index contributed by atoms with van der Waals surface area (Å²) >= 11 is 1.32. The fourth-order valence-corrected chi connectivity index (χ4v) is 4.98. The Morgan fingerprint density at radius 1 is 1.15 bits per heavy atom. The van der Waals surface area contributed by atoms with Crippen LogP contribution in [0.25, 0.3) is 16.8 Å². The average molecular weight is 572 g/mol. The smallest absolute Gasteiger partial charge is 0.357 e. The van der Waals surface area contributed by atoms with Gasteiger partial charge in [-0.2, -0.15) is 0 Å². The van der Waals surface area contributed by atoms with E-state index in [2.05, 4.69) is 15.3 Å². The third-order valence-corrected chi connectivity index (χ3v) is 7.13. The SMILES string of the molecule is CCCN(OC(=O)c1ccccc1)[C@@H](C)c1nc(-c2ccc(C(=O)Nc3nccs3)c(OC)c2)c2c(N)nccn12. The van der Waals surface area contributed by atoms with Crippen molar-refractivity contribution in [3.63, 3.8) is 0 Å². The summed E-state index contributed by atoms with van der Waals surface area (Å²) in [6.45, 7) is 4.41. The maximum absolute atomic E-state index is 12.9. The number of benzene rings is 2. The molecule has 5 aromatic rings. The van der Waals surface area contributed by atoms with Crippen molar-refractivity contribution < 1.29 is 19.2 Å². The molecule has 12 heteroatoms. The van der Waals surface area contributed by atoms with E-state index < -0.39 is 12.0 Å². The number of thiazole rings is 1. The van der Waals surface area contributed by atoms with Gasteiger partial charge in [-0.3, -0.25) is 14.5 Å². The number of aromatic nitrogens is 4. The van der Waals surface area contributed by atoms with E-state index in [1.165, 1.54) is 18.4 Å². The number of rotatable bonds is 10. The van der Waals surface area contributed by atoms with Gasteiger partial charge in [0.05, 0.1) is 18.2 Å². The number of nitrogens with two attached hydrogens (primary N) is 1. The fraction of sp³-hybridized carbons (Fsp3) is 0.207. The zero-order chi connectivity index (χ0) is 28.9. The van der Waals surface area contributed by atoms with Crippen LogP contribution < -0.4 is 15.8 Å². The predicted octanol–water partition coefficient (Wildman–Crippen LogP) is 5.24. The first-order valence-electron chi connectivity index (χ1n) is 13.0. The maximum atomic E-state index is 12.9. The molecule has 0 saturated heterocycles. The van der Waals surface area contributed by atoms with Gasteiger partial charge in [0.1, 0.15) is 34.6 Å². The molecule has 11 nitrogen and oxygen atoms in total. The van der Waals surface area contributed by atoms with Gasteiger partial charge >= 0.3 is 5.97 Å². The molecule has 3 heterocycles. The Kier molecular flexibility index (Phi) is 8.22. The molecule has 0 aliphatic heterocycles. The topological polar surface area (TPSA) is 137 Å². The molecule has 3 N–H and O–H groups in total. The largest absolute Gasteiger partial charge is 0.496 e. The van der Waals surface area contributed by atoms with Gasteiger partial charge < -0.3 is 15.3 Å². The molecular weight excluding hydrogens is 542 g/mol. The minimum Gasteiger partial charge on any atom is -0.496 e. The molecule has 0 unspecified atom stereocenters. The summed E-state index contributed by atoms with van der Waals surface area (Å²) in [6.07, 6.45) is 5.72. The minimum atomic E-state index is -0.454. The first-order chi connectivity index (χ1) is 19.9. The lowest BCUT2D eigenvalue weighted by Gasteiger charge is -2.26. The zero-order valence-electron chi connectivity index (χ0n) is 22.8. The second-order valence-electron chi connectivity index (χ2n) is 9.12. The third-order valence-electron chi connectivity index (χ3n) is 6.44. The summed E-state index contributed by atoms with van der Waals surface area (Å²) in [5, 5.41) is 6.66. The number of hydrogen-bond acceptors (Lipinski definition) is 10. The number of hydroxylamine groups is 2. The Hall–Kier alpha value is -4.81. The molecule has 0 fully saturated rings. The van der Waals surface area contributed by atoms with E-state index in [-0.39, 0.29) is 11.7 Å². The van der Waals surface area contributed by atoms with Gasteiger partial charge in [-0.05, 0) is 37.6 Å². The third kappa shape index (κ3) is 5.74. The number of methoxy groups -OCH3 is 1. The highest BCUT2D eigenvalue weighted by atomic mass is 32.1. The molecule has 1 amide bonds. The Bertz CT molecular complexity index is 1670. The molecule has 0 radical (unpaired) electrons. The number of nitrogens with zero attached hydrogens (tertiary/aromatic N) is 5. The maximum Gasteiger partial charge on any atom is 0.357 e. The van der Waals surface area contributed by atoms with Gasteiger partial charge in [-0.15, -0.1) is 16.4 Å². The van der Waals surface area contributed by atoms with E-state index in [0.29, 0.717) is 51.2 Å². The van der Waals surface area contributed by atoms with Gasteiger partial charge in [-0.25, -0.2) is 19.7 Å². The number of fused-ring (bicyclic) bond motifs is 1. The molecule has 3 aromatic heterocycles. The molecule has 2 aromatic carbocycles. The minimum absolute atomic E-state index is 0.279. The van der Waals surface area contributed by atoms with Crippen molar-refractivity contribution in [1.82, 2.24) is 24.4 Å². The molecule has 0 spiro atoms. The van der Waals surface area contributed by atoms with E-state index in [4.69, 9.17) is 20.3 Å². The van der Waals surface area contributed by atoms with Crippen LogP contribution in [0.4, 0.5) is 10.9 Å². The van der Waals surface area contributed by atoms with Gasteiger partial charge in [0.15, 0.2) is 5.13 Å². The Labute approximate surface area is 240 Å². The molecule has 210 valence electrons. The van der Waals surface area contributed by atoms with Gasteiger partial charge in [0, 0.05) is 36.1 Å². The van der Waals surface area contributed by atoms with Crippen LogP contribution in [0.1, 0.15) is 52.9 Å². The number of amides is 1. The van der Waals surface area contributed by atoms with E-state index >= 15 is 0 Å². The highest BCUT2D eigenvalue weighted by Crippen LogP contribution is 2.35. The quantitative estimate of drug-likeness (QED) is 0.216. The summed E-state index contributed by atoms with van der Waals surface area (Å²) in [4.78, 5) is 45.0. The van der Waals surface area contributed by atoms with Gasteiger partial charge in [-0.1, -0.05) is 31.2 Å². The van der Waals surface area contributed by atoms with Crippen LogP contribution >= 0.6 is 11.3 Å². The Balaban J connectivity index is 1.52. The zero-order valence-corrected chi connectivity index (χ0v) is 23.6. The van der Waals surface area contributed by atoms with E-state index in [0.717, 1.165) is 6.42 Å². The van der Waals surface area contributed by atoms with Crippen LogP contribution in [0.2, 0.25) is 0 Å². The highest BCUT2D eigenvalue weighted by Gasteiger charge is 2.27. The molecule has 0 bridgehead atoms. The van der Waals surface area contributed by atoms with E-state index in [1.54, 1.807) is 71.5 Å². The van der Waals surface area contributed by atoms with Gasteiger partial charge in [0.25, 0.3) is 5.91 Å². The molecule has 0 aliphatic rings. The fourth-order valence-electron chi connectivity index (χ4n) is 4.46. The number of nitrogen functional groups attached to an aromatic ring is 1. The summed E-state index contributed by atoms with van der Waals surface area (Å²) in [7, 11) is 1.50. The van der Waals surface area contributed by atoms with Crippen molar-refractivity contribution in [2.75, 3.05) is 24.7 Å². The van der Waals surface area contributed by atoms with Crippen LogP contribution in [0.5, 0.6) is 5.75 Å². The number of ether oxygens (including phenoxy) is 1. The molecule has 1 atom stereocenters. The number of carbonyl (C=O) groups is 2. The second kappa shape index (κ2) is 12.1. The first kappa shape index (κ1) is 27.7. The number of imidazole rings is 1. The van der Waals surface area contributed by atoms with Crippen LogP contribution in [0.3, 0.4) is 0 Å². The number of nitrogens with one attached hydrogen (secondary N) is 1. The van der Waals surface area contributed by atoms with Gasteiger partial charge in [0.2, 0.25) is 0 Å². The predicted molar refractivity (Wildman–Crippen MR) is 157 cm³/mol. The summed E-state index contributed by atoms with van der Waals surface area (Å²) in [6, 6.07) is 13.6. The first-order valence-corrected chi connectivity index (χ1v) is 13.8. The summed E-state index contributed by atoms with van der Waals surface area (Å²) < 4.78 is 7.42. The van der Waals surface area contributed by atoms with Crippen molar-refractivity contribution in [3.8, 4) is 17.0 Å². The van der Waals surface area contributed by atoms with Crippen molar-refractivity contribution >= 4 is 39.7 Å². The van der Waals surface area contributed by atoms with E-state index in [9.17, 15) is 9.59 Å². The van der Waals surface area contributed by atoms with Crippen LogP contribution in [0, 0.1) is 0 Å². The van der Waals surface area contributed by atoms with Crippen molar-refractivity contribution in [3.05, 3.63) is 89.5 Å². The monoisotopic (exact) mass is 571 g/mol. The molecule has 5 rings (SSSR count). The molecule has 0 aliphatic carbocycles. The molecule has 41 heavy (non-hydrogen) atoms. The lowest BCUT2D eigenvalue weighted by molar-refractivity contribution is -0.137. The number of hydrogen-bond donors (Lipinski definition) is 2. The highest BCUT2D eigenvalue weighted by molar-refractivity contribution is 7.13. The second-order valence-corrected chi connectivity index (χ2v) is 10.0. The average Bonchev–Trinajstić information content (AvgIpc) is 3.65. The van der Waals surface area contributed by atoms with Crippen molar-refractivity contribution in [2.45, 2.75) is 26.3 Å². The molecule has 0 saturated carbocycles. The van der Waals surface area contributed by atoms with Crippen LogP contribution in [0.15, 0.2) is 72.5 Å². The van der Waals surface area contributed by atoms with Crippen LogP contribution in [-0.2, 0) is 4.84 Å². The van der Waals surface area contributed by atoms with Crippen LogP contribution in [-0.4, -0.2) is 49.9 Å². The summed E-state index contributed by atoms with van der Waals surface area (Å²) in [5.41, 5.74) is 8.96. The Morgan fingerprint density at radius 3 is 2.66 bits per heavy atom. The number of anilines is 2. The normalized spacial score (nSPS) is 11.9. The number of carbonyl (C=O) groups excluding carboxylic acids is 2. The van der Waals surface area contributed by atoms with Crippen molar-refractivity contribution in [1.29, 1.82) is 0 Å². The lowest BCUT2D eigenvalue weighted by atomic mass is 10.1. The van der Waals surface area contributed by atoms with E-state index in [1.807, 2.05) is 24.3 Å². The Morgan fingerprint density at radius 2 is 1.95 bits per heavy atom. The standard InChI is InChI=1S/C29H29N7O4S/c1-4-14-36(40-28(38)19-8-6-5-7-9-19)18(2)26-33-23(24-25(30)31-12-15-35(24)26)20-10-11-21(22(17-20)39-3)27(37)34-29-32-13-16-41-29/h5-13,15-18H,4,14H2,1-3H3,(H2,30,31)(H,32,34,37)/t18-/m0/s1.